The summed E-state index contributed by atoms with van der Waals surface area (Å²) in [6.45, 7) is 6.24. The molecule has 10 nitrogen and oxygen atoms in total. The van der Waals surface area contributed by atoms with E-state index in [2.05, 4.69) is 32.8 Å². The van der Waals surface area contributed by atoms with E-state index in [1.165, 1.54) is 12.4 Å². The van der Waals surface area contributed by atoms with Crippen molar-refractivity contribution in [3.8, 4) is 23.0 Å². The van der Waals surface area contributed by atoms with Gasteiger partial charge in [-0.25, -0.2) is 19.3 Å². The number of halogens is 1. The van der Waals surface area contributed by atoms with Crippen LogP contribution in [0.3, 0.4) is 0 Å². The minimum atomic E-state index is -0.812. The summed E-state index contributed by atoms with van der Waals surface area (Å²) in [4.78, 5) is 33.6. The van der Waals surface area contributed by atoms with Crippen molar-refractivity contribution in [3.05, 3.63) is 66.5 Å². The van der Waals surface area contributed by atoms with Crippen LogP contribution in [0.2, 0.25) is 0 Å². The fourth-order valence-electron chi connectivity index (χ4n) is 6.09. The van der Waals surface area contributed by atoms with E-state index in [9.17, 15) is 10.1 Å². The molecule has 2 aliphatic heterocycles. The molecular formula is C30H31FN8O2. The molecular weight excluding hydrogens is 523 g/mol. The summed E-state index contributed by atoms with van der Waals surface area (Å²) < 4.78 is 22.7. The number of carbonyl (C=O) groups is 1. The van der Waals surface area contributed by atoms with E-state index < -0.39 is 5.60 Å². The van der Waals surface area contributed by atoms with Crippen molar-refractivity contribution < 1.29 is 13.9 Å². The summed E-state index contributed by atoms with van der Waals surface area (Å²) in [5.74, 6) is 0.784. The molecule has 3 aromatic heterocycles. The Balaban J connectivity index is 1.45. The number of pyridine rings is 1. The largest absolute Gasteiger partial charge is 0.366 e. The maximum absolute atomic E-state index is 15.2. The van der Waals surface area contributed by atoms with Crippen molar-refractivity contribution >= 4 is 22.8 Å². The number of methoxy groups -OCH3 is 1. The maximum atomic E-state index is 15.2. The molecule has 4 aromatic rings. The predicted molar refractivity (Wildman–Crippen MR) is 152 cm³/mol. The van der Waals surface area contributed by atoms with Gasteiger partial charge in [-0.3, -0.25) is 14.3 Å². The first-order chi connectivity index (χ1) is 19.8. The normalized spacial score (nSPS) is 20.6. The zero-order valence-corrected chi connectivity index (χ0v) is 23.5. The Kier molecular flexibility index (Phi) is 6.68. The van der Waals surface area contributed by atoms with E-state index in [1.54, 1.807) is 54.4 Å². The fraction of sp³-hybridized carbons (Fsp3) is 0.367. The molecule has 11 heteroatoms. The molecule has 0 saturated carbocycles. The zero-order chi connectivity index (χ0) is 28.9. The second-order valence-corrected chi connectivity index (χ2v) is 11.0. The van der Waals surface area contributed by atoms with Gasteiger partial charge >= 0.3 is 0 Å². The maximum Gasteiger partial charge on any atom is 0.257 e. The molecule has 0 bridgehead atoms. The number of carbonyl (C=O) groups excluding carboxylic acids is 1. The van der Waals surface area contributed by atoms with Crippen LogP contribution in [0.4, 0.5) is 10.2 Å². The van der Waals surface area contributed by atoms with Crippen LogP contribution in [0.15, 0.2) is 55.1 Å². The number of nitrogens with zero attached hydrogens (tertiary/aromatic N) is 8. The molecule has 0 aliphatic carbocycles. The molecule has 0 spiro atoms. The van der Waals surface area contributed by atoms with E-state index in [4.69, 9.17) is 9.72 Å². The molecule has 0 N–H and O–H groups in total. The van der Waals surface area contributed by atoms with Gasteiger partial charge in [0.2, 0.25) is 0 Å². The highest BCUT2D eigenvalue weighted by molar-refractivity contribution is 6.02. The van der Waals surface area contributed by atoms with Gasteiger partial charge in [-0.1, -0.05) is 18.2 Å². The first-order valence-corrected chi connectivity index (χ1v) is 13.5. The van der Waals surface area contributed by atoms with Crippen molar-refractivity contribution in [3.63, 3.8) is 0 Å². The number of anilines is 1. The van der Waals surface area contributed by atoms with Gasteiger partial charge in [0.25, 0.3) is 5.91 Å². The molecule has 41 heavy (non-hydrogen) atoms. The fourth-order valence-corrected chi connectivity index (χ4v) is 6.09. The highest BCUT2D eigenvalue weighted by atomic mass is 19.1. The average molecular weight is 555 g/mol. The van der Waals surface area contributed by atoms with Crippen molar-refractivity contribution in [1.82, 2.24) is 29.3 Å². The average Bonchev–Trinajstić information content (AvgIpc) is 3.36. The van der Waals surface area contributed by atoms with E-state index in [-0.39, 0.29) is 23.8 Å². The first kappa shape index (κ1) is 26.8. The molecule has 2 saturated heterocycles. The number of piperazine rings is 1. The SMILES string of the molecule is COC1(C(=O)N2C[C@H](C)N(c3ncnc4c3c(-c3ccccc3F)cn4-c3cc(C#N)ccn3)C[C@H]2C)CN(C)C1. The number of aromatic nitrogens is 4. The highest BCUT2D eigenvalue weighted by Gasteiger charge is 2.52. The Hall–Kier alpha value is -4.40. The molecule has 2 aliphatic rings. The van der Waals surface area contributed by atoms with Crippen molar-refractivity contribution in [2.24, 2.45) is 0 Å². The Bertz CT molecular complexity index is 1670. The van der Waals surface area contributed by atoms with Crippen LogP contribution in [0.25, 0.3) is 28.0 Å². The Morgan fingerprint density at radius 3 is 2.59 bits per heavy atom. The summed E-state index contributed by atoms with van der Waals surface area (Å²) in [5, 5.41) is 10.1. The van der Waals surface area contributed by atoms with E-state index in [0.29, 0.717) is 65.5 Å². The van der Waals surface area contributed by atoms with Gasteiger partial charge in [0.1, 0.15) is 23.8 Å². The van der Waals surface area contributed by atoms with Crippen LogP contribution < -0.4 is 4.90 Å². The predicted octanol–water partition coefficient (Wildman–Crippen LogP) is 3.25. The lowest BCUT2D eigenvalue weighted by Gasteiger charge is -2.52. The number of likely N-dealkylation sites (tertiary alicyclic amines) is 1. The van der Waals surface area contributed by atoms with Crippen LogP contribution in [0.5, 0.6) is 0 Å². The van der Waals surface area contributed by atoms with Gasteiger partial charge in [-0.2, -0.15) is 5.26 Å². The molecule has 6 rings (SSSR count). The van der Waals surface area contributed by atoms with Crippen LogP contribution in [-0.2, 0) is 9.53 Å². The lowest BCUT2D eigenvalue weighted by molar-refractivity contribution is -0.178. The van der Waals surface area contributed by atoms with Crippen LogP contribution in [0, 0.1) is 17.1 Å². The Labute approximate surface area is 237 Å². The number of hydrogen-bond donors (Lipinski definition) is 0. The van der Waals surface area contributed by atoms with Crippen molar-refractivity contribution in [2.45, 2.75) is 31.5 Å². The molecule has 2 atom stereocenters. The number of nitriles is 1. The molecule has 2 fully saturated rings. The van der Waals surface area contributed by atoms with Crippen LogP contribution >= 0.6 is 0 Å². The number of ether oxygens (including phenoxy) is 1. The molecule has 5 heterocycles. The molecule has 210 valence electrons. The number of fused-ring (bicyclic) bond motifs is 1. The summed E-state index contributed by atoms with van der Waals surface area (Å²) >= 11 is 0. The molecule has 0 unspecified atom stereocenters. The van der Waals surface area contributed by atoms with Gasteiger partial charge in [0.15, 0.2) is 11.2 Å². The zero-order valence-electron chi connectivity index (χ0n) is 23.5. The summed E-state index contributed by atoms with van der Waals surface area (Å²) in [7, 11) is 3.57. The molecule has 1 amide bonds. The number of rotatable bonds is 5. The third kappa shape index (κ3) is 4.40. The van der Waals surface area contributed by atoms with Gasteiger partial charge in [-0.15, -0.1) is 0 Å². The minimum Gasteiger partial charge on any atom is -0.366 e. The van der Waals surface area contributed by atoms with Gasteiger partial charge in [0.05, 0.1) is 17.0 Å². The smallest absolute Gasteiger partial charge is 0.257 e. The summed E-state index contributed by atoms with van der Waals surface area (Å²) in [6, 6.07) is 11.8. The number of benzene rings is 1. The topological polar surface area (TPSA) is 103 Å². The van der Waals surface area contributed by atoms with Gasteiger partial charge in [-0.05, 0) is 39.1 Å². The van der Waals surface area contributed by atoms with E-state index in [1.807, 2.05) is 18.9 Å². The molecule has 0 radical (unpaired) electrons. The number of likely N-dealkylation sites (N-methyl/N-ethyl adjacent to an activating group) is 1. The highest BCUT2D eigenvalue weighted by Crippen LogP contribution is 2.39. The third-order valence-corrected chi connectivity index (χ3v) is 8.20. The quantitative estimate of drug-likeness (QED) is 0.371. The standard InChI is InChI=1S/C30H31FN8O2/c1-19-14-38(29(40)30(41-4)16-36(3)17-30)20(2)13-37(19)27-26-23(22-7-5-6-8-24(22)31)15-39(28(26)35-18-34-27)25-11-21(12-32)9-10-33-25/h5-11,15,18-20H,13-14,16-17H2,1-4H3/t19-,20+/m0/s1. The van der Waals surface area contributed by atoms with Gasteiger partial charge in [0, 0.05) is 68.9 Å². The third-order valence-electron chi connectivity index (χ3n) is 8.20. The summed E-state index contributed by atoms with van der Waals surface area (Å²) in [5.41, 5.74) is 1.22. The first-order valence-electron chi connectivity index (χ1n) is 13.5. The van der Waals surface area contributed by atoms with Crippen molar-refractivity contribution in [2.75, 3.05) is 45.2 Å². The monoisotopic (exact) mass is 554 g/mol. The minimum absolute atomic E-state index is 0.00609. The van der Waals surface area contributed by atoms with E-state index >= 15 is 4.39 Å². The Morgan fingerprint density at radius 2 is 1.88 bits per heavy atom. The van der Waals surface area contributed by atoms with Crippen molar-refractivity contribution in [1.29, 1.82) is 5.26 Å². The van der Waals surface area contributed by atoms with Crippen LogP contribution in [-0.4, -0.2) is 93.2 Å². The Morgan fingerprint density at radius 1 is 1.10 bits per heavy atom. The van der Waals surface area contributed by atoms with Gasteiger partial charge < -0.3 is 14.5 Å². The number of hydrogen-bond acceptors (Lipinski definition) is 8. The van der Waals surface area contributed by atoms with E-state index in [0.717, 1.165) is 0 Å². The molecule has 1 aromatic carbocycles. The second-order valence-electron chi connectivity index (χ2n) is 11.0. The number of amides is 1. The lowest BCUT2D eigenvalue weighted by atomic mass is 9.91. The van der Waals surface area contributed by atoms with Crippen LogP contribution in [0.1, 0.15) is 19.4 Å². The lowest BCUT2D eigenvalue weighted by Crippen LogP contribution is -2.72. The second kappa shape index (κ2) is 10.2. The summed E-state index contributed by atoms with van der Waals surface area (Å²) in [6.07, 6.45) is 4.86.